The summed E-state index contributed by atoms with van der Waals surface area (Å²) in [5, 5.41) is 0. The van der Waals surface area contributed by atoms with Crippen molar-refractivity contribution in [2.24, 2.45) is 0 Å². The van der Waals surface area contributed by atoms with E-state index in [1.807, 2.05) is 13.8 Å². The molecule has 0 amide bonds. The largest absolute Gasteiger partial charge is 0.483 e. The highest BCUT2D eigenvalue weighted by Gasteiger charge is 2.22. The fourth-order valence-electron chi connectivity index (χ4n) is 1.03. The van der Waals surface area contributed by atoms with Crippen LogP contribution in [0.4, 0.5) is 0 Å². The average Bonchev–Trinajstić information content (AvgIpc) is 2.21. The minimum atomic E-state index is -1.70. The molecule has 0 unspecified atom stereocenters. The second-order valence-electron chi connectivity index (χ2n) is 3.26. The molecule has 0 spiro atoms. The van der Waals surface area contributed by atoms with Crippen LogP contribution in [0.2, 0.25) is 13.1 Å². The van der Waals surface area contributed by atoms with Crippen LogP contribution >= 0.6 is 0 Å². The van der Waals surface area contributed by atoms with Gasteiger partial charge in [-0.25, -0.2) is 0 Å². The molecule has 5 nitrogen and oxygen atoms in total. The standard InChI is InChI=1S/C6H16O2Si.C3H10O3Si/c1-5-7-9(3,4)8-6-2;1-4-7(5-2)6-3/h5-6H2,1-4H3;7H,1-3H3. The van der Waals surface area contributed by atoms with Crippen LogP contribution in [0.5, 0.6) is 0 Å². The van der Waals surface area contributed by atoms with Gasteiger partial charge in [-0.1, -0.05) is 0 Å². The van der Waals surface area contributed by atoms with Crippen LogP contribution in [-0.2, 0) is 22.1 Å². The second kappa shape index (κ2) is 11.7. The molecule has 0 radical (unpaired) electrons. The fraction of sp³-hybridized carbons (Fsp3) is 1.00. The average molecular weight is 270 g/mol. The lowest BCUT2D eigenvalue weighted by Gasteiger charge is -2.20. The molecule has 0 heterocycles. The van der Waals surface area contributed by atoms with E-state index in [0.717, 1.165) is 13.2 Å². The molecule has 0 rings (SSSR count). The summed E-state index contributed by atoms with van der Waals surface area (Å²) < 4.78 is 25.0. The summed E-state index contributed by atoms with van der Waals surface area (Å²) >= 11 is 0. The van der Waals surface area contributed by atoms with Crippen LogP contribution in [0.3, 0.4) is 0 Å². The Kier molecular flexibility index (Phi) is 13.6. The SMILES string of the molecule is CCO[Si](C)(C)OCC.CO[SiH](OC)OC. The highest BCUT2D eigenvalue weighted by Crippen LogP contribution is 2.04. The molecular weight excluding hydrogens is 244 g/mol. The summed E-state index contributed by atoms with van der Waals surface area (Å²) in [4.78, 5) is 0. The molecule has 0 saturated carbocycles. The summed E-state index contributed by atoms with van der Waals surface area (Å²) in [7, 11) is 1.35. The summed E-state index contributed by atoms with van der Waals surface area (Å²) in [6.07, 6.45) is 0. The van der Waals surface area contributed by atoms with E-state index in [1.54, 1.807) is 21.3 Å². The first-order valence-corrected chi connectivity index (χ1v) is 9.56. The molecule has 0 fully saturated rings. The van der Waals surface area contributed by atoms with E-state index in [4.69, 9.17) is 22.1 Å². The van der Waals surface area contributed by atoms with Crippen molar-refractivity contribution in [3.05, 3.63) is 0 Å². The van der Waals surface area contributed by atoms with Gasteiger partial charge in [0, 0.05) is 34.5 Å². The quantitative estimate of drug-likeness (QED) is 0.655. The van der Waals surface area contributed by atoms with E-state index in [9.17, 15) is 0 Å². The summed E-state index contributed by atoms with van der Waals surface area (Å²) in [5.74, 6) is 0. The van der Waals surface area contributed by atoms with Crippen molar-refractivity contribution in [2.75, 3.05) is 34.5 Å². The van der Waals surface area contributed by atoms with Crippen LogP contribution in [-0.4, -0.2) is 52.6 Å². The Morgan fingerprint density at radius 1 is 0.812 bits per heavy atom. The molecule has 16 heavy (non-hydrogen) atoms. The van der Waals surface area contributed by atoms with Crippen molar-refractivity contribution in [3.63, 3.8) is 0 Å². The third-order valence-electron chi connectivity index (χ3n) is 1.56. The molecule has 0 N–H and O–H groups in total. The summed E-state index contributed by atoms with van der Waals surface area (Å²) in [6, 6.07) is 0. The van der Waals surface area contributed by atoms with E-state index >= 15 is 0 Å². The Balaban J connectivity index is 0. The molecule has 0 aromatic carbocycles. The maximum atomic E-state index is 5.39. The lowest BCUT2D eigenvalue weighted by Crippen LogP contribution is -2.34. The number of hydrogen-bond acceptors (Lipinski definition) is 5. The second-order valence-corrected chi connectivity index (χ2v) is 8.63. The van der Waals surface area contributed by atoms with Crippen LogP contribution in [0.15, 0.2) is 0 Å². The van der Waals surface area contributed by atoms with Gasteiger partial charge < -0.3 is 22.1 Å². The molecule has 0 aliphatic heterocycles. The Hall–Kier alpha value is 0.234. The van der Waals surface area contributed by atoms with Crippen molar-refractivity contribution in [1.82, 2.24) is 0 Å². The monoisotopic (exact) mass is 270 g/mol. The first-order valence-electron chi connectivity index (χ1n) is 5.33. The Morgan fingerprint density at radius 2 is 1.12 bits per heavy atom. The van der Waals surface area contributed by atoms with Gasteiger partial charge in [-0.15, -0.1) is 0 Å². The van der Waals surface area contributed by atoms with Crippen molar-refractivity contribution in [1.29, 1.82) is 0 Å². The van der Waals surface area contributed by atoms with Gasteiger partial charge in [0.05, 0.1) is 0 Å². The van der Waals surface area contributed by atoms with Gasteiger partial charge in [-0.3, -0.25) is 0 Å². The van der Waals surface area contributed by atoms with E-state index < -0.39 is 18.1 Å². The molecule has 0 aromatic heterocycles. The molecule has 0 aliphatic rings. The molecule has 100 valence electrons. The van der Waals surface area contributed by atoms with Crippen LogP contribution < -0.4 is 0 Å². The third kappa shape index (κ3) is 12.3. The Bertz CT molecular complexity index is 128. The predicted octanol–water partition coefficient (Wildman–Crippen LogP) is 1.40. The predicted molar refractivity (Wildman–Crippen MR) is 68.9 cm³/mol. The zero-order valence-corrected chi connectivity index (χ0v) is 13.7. The molecule has 0 aromatic rings. The minimum absolute atomic E-state index is 0.763. The first kappa shape index (κ1) is 18.6. The van der Waals surface area contributed by atoms with Crippen molar-refractivity contribution in [2.45, 2.75) is 26.9 Å². The van der Waals surface area contributed by atoms with Gasteiger partial charge in [0.2, 0.25) is 0 Å². The van der Waals surface area contributed by atoms with Gasteiger partial charge in [-0.05, 0) is 26.9 Å². The van der Waals surface area contributed by atoms with Gasteiger partial charge in [0.1, 0.15) is 0 Å². The smallest absolute Gasteiger partial charge is 0.395 e. The van der Waals surface area contributed by atoms with Gasteiger partial charge >= 0.3 is 18.1 Å². The highest BCUT2D eigenvalue weighted by atomic mass is 28.4. The Morgan fingerprint density at radius 3 is 1.25 bits per heavy atom. The van der Waals surface area contributed by atoms with Crippen molar-refractivity contribution in [3.8, 4) is 0 Å². The molecular formula is C9H26O5Si2. The van der Waals surface area contributed by atoms with Gasteiger partial charge in [-0.2, -0.15) is 0 Å². The maximum absolute atomic E-state index is 5.39. The normalized spacial score (nSPS) is 11.2. The maximum Gasteiger partial charge on any atom is 0.483 e. The van der Waals surface area contributed by atoms with E-state index in [0.29, 0.717) is 0 Å². The molecule has 0 atom stereocenters. The van der Waals surface area contributed by atoms with Crippen LogP contribution in [0, 0.1) is 0 Å². The highest BCUT2D eigenvalue weighted by molar-refractivity contribution is 6.64. The van der Waals surface area contributed by atoms with Crippen LogP contribution in [0.1, 0.15) is 13.8 Å². The zero-order valence-electron chi connectivity index (χ0n) is 11.5. The molecule has 0 aliphatic carbocycles. The molecule has 7 heteroatoms. The molecule has 0 saturated heterocycles. The van der Waals surface area contributed by atoms with Crippen molar-refractivity contribution >= 4 is 18.1 Å². The lowest BCUT2D eigenvalue weighted by atomic mass is 10.9. The zero-order chi connectivity index (χ0) is 13.0. The third-order valence-corrected chi connectivity index (χ3v) is 4.68. The van der Waals surface area contributed by atoms with Crippen LogP contribution in [0.25, 0.3) is 0 Å². The van der Waals surface area contributed by atoms with Gasteiger partial charge in [0.15, 0.2) is 0 Å². The van der Waals surface area contributed by atoms with E-state index in [2.05, 4.69) is 13.1 Å². The number of hydrogen-bond donors (Lipinski definition) is 0. The Labute approximate surface area is 102 Å². The fourth-order valence-corrected chi connectivity index (χ4v) is 3.08. The van der Waals surface area contributed by atoms with Crippen molar-refractivity contribution < 1.29 is 22.1 Å². The lowest BCUT2D eigenvalue weighted by molar-refractivity contribution is 0.163. The number of rotatable bonds is 7. The topological polar surface area (TPSA) is 46.2 Å². The molecule has 0 bridgehead atoms. The summed E-state index contributed by atoms with van der Waals surface area (Å²) in [5.41, 5.74) is 0. The van der Waals surface area contributed by atoms with E-state index in [1.165, 1.54) is 0 Å². The minimum Gasteiger partial charge on any atom is -0.395 e. The van der Waals surface area contributed by atoms with E-state index in [-0.39, 0.29) is 0 Å². The first-order chi connectivity index (χ1) is 7.47. The van der Waals surface area contributed by atoms with Gasteiger partial charge in [0.25, 0.3) is 0 Å². The summed E-state index contributed by atoms with van der Waals surface area (Å²) in [6.45, 7) is 9.62.